The zero-order valence-electron chi connectivity index (χ0n) is 21.0. The van der Waals surface area contributed by atoms with E-state index in [0.717, 1.165) is 14.8 Å². The molecule has 194 valence electrons. The van der Waals surface area contributed by atoms with Crippen LogP contribution in [0.5, 0.6) is 0 Å². The number of nitriles is 1. The molecule has 4 aromatic rings. The SMILES string of the molecule is COC(=O)C1=C(C(=O)OC)N(c2cccc(-c3cn4cc(I)ccc4n3)c2)C(N)=C(C#N)C1c1ccccc1. The Hall–Kier alpha value is -4.63. The quantitative estimate of drug-likeness (QED) is 0.252. The van der Waals surface area contributed by atoms with E-state index in [1.54, 1.807) is 42.5 Å². The van der Waals surface area contributed by atoms with E-state index in [9.17, 15) is 14.9 Å². The lowest BCUT2D eigenvalue weighted by Crippen LogP contribution is -2.40. The molecular weight excluding hydrogens is 609 g/mol. The third-order valence-corrected chi connectivity index (χ3v) is 7.06. The van der Waals surface area contributed by atoms with E-state index in [1.807, 2.05) is 41.1 Å². The third kappa shape index (κ3) is 4.61. The zero-order valence-corrected chi connectivity index (χ0v) is 23.1. The summed E-state index contributed by atoms with van der Waals surface area (Å²) in [5, 5.41) is 10.2. The molecule has 2 aromatic heterocycles. The Balaban J connectivity index is 1.74. The fourth-order valence-electron chi connectivity index (χ4n) is 4.69. The molecule has 0 bridgehead atoms. The van der Waals surface area contributed by atoms with Crippen LogP contribution in [0.3, 0.4) is 0 Å². The fraction of sp³-hybridized carbons (Fsp3) is 0.103. The molecule has 1 aliphatic heterocycles. The molecule has 1 atom stereocenters. The number of halogens is 1. The van der Waals surface area contributed by atoms with Crippen LogP contribution in [0.25, 0.3) is 16.9 Å². The van der Waals surface area contributed by atoms with E-state index in [0.29, 0.717) is 16.9 Å². The summed E-state index contributed by atoms with van der Waals surface area (Å²) in [7, 11) is 2.43. The van der Waals surface area contributed by atoms with Crippen LogP contribution in [0, 0.1) is 14.9 Å². The van der Waals surface area contributed by atoms with Gasteiger partial charge in [-0.05, 0) is 52.4 Å². The van der Waals surface area contributed by atoms with Crippen molar-refractivity contribution in [2.75, 3.05) is 19.1 Å². The van der Waals surface area contributed by atoms with Crippen LogP contribution in [-0.2, 0) is 19.1 Å². The minimum absolute atomic E-state index is 0.00103. The topological polar surface area (TPSA) is 123 Å². The first-order valence-corrected chi connectivity index (χ1v) is 12.9. The van der Waals surface area contributed by atoms with Crippen LogP contribution in [0.2, 0.25) is 0 Å². The maximum Gasteiger partial charge on any atom is 0.355 e. The minimum Gasteiger partial charge on any atom is -0.466 e. The first-order chi connectivity index (χ1) is 18.9. The van der Waals surface area contributed by atoms with Gasteiger partial charge in [0.1, 0.15) is 17.2 Å². The number of hydrogen-bond acceptors (Lipinski definition) is 8. The van der Waals surface area contributed by atoms with E-state index >= 15 is 0 Å². The Bertz CT molecular complexity index is 1720. The van der Waals surface area contributed by atoms with Gasteiger partial charge in [0.05, 0.1) is 43.0 Å². The van der Waals surface area contributed by atoms with Crippen molar-refractivity contribution < 1.29 is 19.1 Å². The fourth-order valence-corrected chi connectivity index (χ4v) is 5.17. The molecule has 0 aliphatic carbocycles. The first-order valence-electron chi connectivity index (χ1n) is 11.8. The molecule has 2 N–H and O–H groups in total. The largest absolute Gasteiger partial charge is 0.466 e. The maximum absolute atomic E-state index is 13.3. The number of imidazole rings is 1. The molecule has 2 aromatic carbocycles. The van der Waals surface area contributed by atoms with Crippen molar-refractivity contribution in [3.63, 3.8) is 0 Å². The van der Waals surface area contributed by atoms with Crippen LogP contribution in [0.4, 0.5) is 5.69 Å². The smallest absolute Gasteiger partial charge is 0.355 e. The molecular formula is C29H22IN5O4. The Morgan fingerprint density at radius 1 is 1.00 bits per heavy atom. The predicted octanol–water partition coefficient (Wildman–Crippen LogP) is 4.50. The summed E-state index contributed by atoms with van der Waals surface area (Å²) in [4.78, 5) is 32.6. The summed E-state index contributed by atoms with van der Waals surface area (Å²) < 4.78 is 13.2. The Morgan fingerprint density at radius 3 is 2.44 bits per heavy atom. The van der Waals surface area contributed by atoms with Crippen LogP contribution < -0.4 is 10.6 Å². The second kappa shape index (κ2) is 10.6. The normalized spacial score (nSPS) is 15.3. The molecule has 0 radical (unpaired) electrons. The highest BCUT2D eigenvalue weighted by Gasteiger charge is 2.43. The zero-order chi connectivity index (χ0) is 27.7. The summed E-state index contributed by atoms with van der Waals surface area (Å²) >= 11 is 2.23. The Labute approximate surface area is 237 Å². The van der Waals surface area contributed by atoms with E-state index in [4.69, 9.17) is 20.2 Å². The Morgan fingerprint density at radius 2 is 1.74 bits per heavy atom. The molecule has 3 heterocycles. The van der Waals surface area contributed by atoms with Crippen molar-refractivity contribution in [1.29, 1.82) is 5.26 Å². The monoisotopic (exact) mass is 631 g/mol. The van der Waals surface area contributed by atoms with Crippen molar-refractivity contribution in [3.05, 3.63) is 111 Å². The lowest BCUT2D eigenvalue weighted by Gasteiger charge is -2.36. The van der Waals surface area contributed by atoms with Gasteiger partial charge in [-0.15, -0.1) is 0 Å². The van der Waals surface area contributed by atoms with Crippen LogP contribution in [0.1, 0.15) is 11.5 Å². The van der Waals surface area contributed by atoms with Gasteiger partial charge in [-0.25, -0.2) is 14.6 Å². The number of anilines is 1. The lowest BCUT2D eigenvalue weighted by atomic mass is 9.81. The summed E-state index contributed by atoms with van der Waals surface area (Å²) in [5.74, 6) is -2.51. The highest BCUT2D eigenvalue weighted by Crippen LogP contribution is 2.43. The van der Waals surface area contributed by atoms with Crippen molar-refractivity contribution in [2.24, 2.45) is 5.73 Å². The van der Waals surface area contributed by atoms with Gasteiger partial charge < -0.3 is 19.6 Å². The molecule has 0 spiro atoms. The number of carbonyl (C=O) groups excluding carboxylic acids is 2. The number of rotatable bonds is 5. The number of nitrogens with two attached hydrogens (primary N) is 1. The summed E-state index contributed by atoms with van der Waals surface area (Å²) in [6.45, 7) is 0. The number of fused-ring (bicyclic) bond motifs is 1. The number of hydrogen-bond donors (Lipinski definition) is 1. The lowest BCUT2D eigenvalue weighted by molar-refractivity contribution is -0.139. The van der Waals surface area contributed by atoms with Crippen molar-refractivity contribution in [2.45, 2.75) is 5.92 Å². The summed E-state index contributed by atoms with van der Waals surface area (Å²) in [6.07, 6.45) is 3.86. The molecule has 0 saturated heterocycles. The predicted molar refractivity (Wildman–Crippen MR) is 153 cm³/mol. The number of esters is 2. The van der Waals surface area contributed by atoms with Gasteiger partial charge >= 0.3 is 11.9 Å². The number of pyridine rings is 1. The molecule has 10 heteroatoms. The minimum atomic E-state index is -0.932. The van der Waals surface area contributed by atoms with Crippen molar-refractivity contribution in [3.8, 4) is 17.3 Å². The van der Waals surface area contributed by atoms with Gasteiger partial charge in [0.2, 0.25) is 0 Å². The Kier molecular flexibility index (Phi) is 7.08. The number of allylic oxidation sites excluding steroid dienone is 1. The number of ether oxygens (including phenoxy) is 2. The van der Waals surface area contributed by atoms with E-state index in [1.165, 1.54) is 19.1 Å². The summed E-state index contributed by atoms with van der Waals surface area (Å²) in [5.41, 5.74) is 9.79. The van der Waals surface area contributed by atoms with Gasteiger partial charge in [-0.2, -0.15) is 5.26 Å². The molecule has 0 fully saturated rings. The first kappa shape index (κ1) is 26.0. The molecule has 5 rings (SSSR count). The molecule has 39 heavy (non-hydrogen) atoms. The van der Waals surface area contributed by atoms with Crippen LogP contribution in [0.15, 0.2) is 102 Å². The van der Waals surface area contributed by atoms with Gasteiger partial charge in [0.25, 0.3) is 0 Å². The number of carbonyl (C=O) groups is 2. The van der Waals surface area contributed by atoms with Crippen LogP contribution >= 0.6 is 22.6 Å². The maximum atomic E-state index is 13.3. The average molecular weight is 631 g/mol. The highest BCUT2D eigenvalue weighted by molar-refractivity contribution is 14.1. The molecule has 1 unspecified atom stereocenters. The standard InChI is InChI=1S/C29H22IN5O4/c1-38-28(36)25-24(17-7-4-3-5-8-17)21(14-31)27(32)35(26(25)29(37)39-2)20-10-6-9-18(13-20)22-16-34-15-19(30)11-12-23(34)33-22/h3-13,15-16,24H,32H2,1-2H3. The number of benzene rings is 2. The number of methoxy groups -OCH3 is 2. The molecule has 0 saturated carbocycles. The number of nitrogens with zero attached hydrogens (tertiary/aromatic N) is 4. The third-order valence-electron chi connectivity index (χ3n) is 6.43. The molecule has 0 amide bonds. The second-order valence-corrected chi connectivity index (χ2v) is 9.87. The van der Waals surface area contributed by atoms with Gasteiger partial charge in [-0.1, -0.05) is 42.5 Å². The van der Waals surface area contributed by atoms with Gasteiger partial charge in [-0.3, -0.25) is 4.90 Å². The summed E-state index contributed by atoms with van der Waals surface area (Å²) in [6, 6.07) is 22.1. The van der Waals surface area contributed by atoms with Gasteiger partial charge in [0, 0.05) is 27.2 Å². The average Bonchev–Trinajstić information content (AvgIpc) is 3.39. The van der Waals surface area contributed by atoms with E-state index in [-0.39, 0.29) is 22.7 Å². The van der Waals surface area contributed by atoms with E-state index in [2.05, 4.69) is 28.7 Å². The molecule has 1 aliphatic rings. The highest BCUT2D eigenvalue weighted by atomic mass is 127. The van der Waals surface area contributed by atoms with Crippen molar-refractivity contribution >= 4 is 45.9 Å². The van der Waals surface area contributed by atoms with Crippen LogP contribution in [-0.4, -0.2) is 35.5 Å². The number of aromatic nitrogens is 2. The molecule has 9 nitrogen and oxygen atoms in total. The second-order valence-electron chi connectivity index (χ2n) is 8.62. The van der Waals surface area contributed by atoms with Gasteiger partial charge in [0.15, 0.2) is 0 Å². The van der Waals surface area contributed by atoms with Crippen molar-refractivity contribution in [1.82, 2.24) is 9.38 Å². The van der Waals surface area contributed by atoms with E-state index < -0.39 is 17.9 Å².